The van der Waals surface area contributed by atoms with E-state index in [0.717, 1.165) is 8.95 Å². The number of nitrogens with zero attached hydrogens (tertiary/aromatic N) is 1. The summed E-state index contributed by atoms with van der Waals surface area (Å²) in [4.78, 5) is 25.5. The van der Waals surface area contributed by atoms with E-state index < -0.39 is 12.1 Å². The third kappa shape index (κ3) is 3.59. The molecule has 0 saturated carbocycles. The number of morpholine rings is 1. The van der Waals surface area contributed by atoms with Crippen molar-refractivity contribution < 1.29 is 19.1 Å². The van der Waals surface area contributed by atoms with Gasteiger partial charge in [0, 0.05) is 21.1 Å². The van der Waals surface area contributed by atoms with E-state index in [-0.39, 0.29) is 12.5 Å². The molecule has 0 aromatic heterocycles. The first-order valence-corrected chi connectivity index (χ1v) is 7.54. The highest BCUT2D eigenvalue weighted by Crippen LogP contribution is 2.22. The van der Waals surface area contributed by atoms with Gasteiger partial charge in [-0.05, 0) is 18.2 Å². The Morgan fingerprint density at radius 3 is 2.55 bits per heavy atom. The molecule has 1 heterocycles. The zero-order valence-electron chi connectivity index (χ0n) is 10.8. The van der Waals surface area contributed by atoms with Crippen molar-refractivity contribution in [2.45, 2.75) is 6.10 Å². The Bertz CT molecular complexity index is 515. The lowest BCUT2D eigenvalue weighted by atomic mass is 10.1. The number of esters is 1. The van der Waals surface area contributed by atoms with E-state index in [1.165, 1.54) is 7.11 Å². The summed E-state index contributed by atoms with van der Waals surface area (Å²) in [6, 6.07) is 5.35. The monoisotopic (exact) mass is 405 g/mol. The fourth-order valence-electron chi connectivity index (χ4n) is 1.97. The van der Waals surface area contributed by atoms with Crippen molar-refractivity contribution in [3.05, 3.63) is 32.7 Å². The first kappa shape index (κ1) is 15.5. The first-order chi connectivity index (χ1) is 9.51. The van der Waals surface area contributed by atoms with E-state index >= 15 is 0 Å². The molecule has 1 amide bonds. The van der Waals surface area contributed by atoms with Crippen molar-refractivity contribution in [2.75, 3.05) is 26.8 Å². The van der Waals surface area contributed by atoms with Gasteiger partial charge in [0.25, 0.3) is 5.91 Å². The Hall–Kier alpha value is -0.920. The maximum Gasteiger partial charge on any atom is 0.336 e. The molecule has 1 saturated heterocycles. The normalized spacial score (nSPS) is 18.8. The van der Waals surface area contributed by atoms with E-state index in [1.54, 1.807) is 17.0 Å². The molecule has 0 aliphatic carbocycles. The topological polar surface area (TPSA) is 55.8 Å². The molecule has 7 heteroatoms. The zero-order valence-corrected chi connectivity index (χ0v) is 13.9. The van der Waals surface area contributed by atoms with Crippen LogP contribution in [-0.2, 0) is 14.3 Å². The smallest absolute Gasteiger partial charge is 0.336 e. The quantitative estimate of drug-likeness (QED) is 0.706. The third-order valence-corrected chi connectivity index (χ3v) is 3.84. The third-order valence-electron chi connectivity index (χ3n) is 2.93. The average Bonchev–Trinajstić information content (AvgIpc) is 2.44. The van der Waals surface area contributed by atoms with Crippen molar-refractivity contribution in [3.8, 4) is 0 Å². The molecule has 0 spiro atoms. The molecule has 1 aromatic rings. The second-order valence-corrected chi connectivity index (χ2v) is 6.12. The van der Waals surface area contributed by atoms with Crippen molar-refractivity contribution >= 4 is 43.7 Å². The number of benzene rings is 1. The van der Waals surface area contributed by atoms with Crippen LogP contribution in [0.1, 0.15) is 10.4 Å². The summed E-state index contributed by atoms with van der Waals surface area (Å²) >= 11 is 6.70. The number of halogens is 2. The van der Waals surface area contributed by atoms with Crippen molar-refractivity contribution in [2.24, 2.45) is 0 Å². The molecule has 1 aliphatic heterocycles. The fraction of sp³-hybridized carbons (Fsp3) is 0.385. The summed E-state index contributed by atoms with van der Waals surface area (Å²) in [6.45, 7) is 0.979. The molecule has 108 valence electrons. The second-order valence-electron chi connectivity index (χ2n) is 4.29. The molecule has 5 nitrogen and oxygen atoms in total. The highest BCUT2D eigenvalue weighted by Gasteiger charge is 2.30. The minimum Gasteiger partial charge on any atom is -0.467 e. The summed E-state index contributed by atoms with van der Waals surface area (Å²) in [5.74, 6) is -0.595. The molecule has 2 rings (SSSR count). The summed E-state index contributed by atoms with van der Waals surface area (Å²) < 4.78 is 11.6. The van der Waals surface area contributed by atoms with Gasteiger partial charge in [-0.25, -0.2) is 4.79 Å². The highest BCUT2D eigenvalue weighted by molar-refractivity contribution is 9.11. The Balaban J connectivity index is 2.14. The Labute approximate surface area is 133 Å². The molecular weight excluding hydrogens is 394 g/mol. The van der Waals surface area contributed by atoms with E-state index in [1.807, 2.05) is 6.07 Å². The summed E-state index contributed by atoms with van der Waals surface area (Å²) in [7, 11) is 1.30. The van der Waals surface area contributed by atoms with Crippen molar-refractivity contribution in [1.29, 1.82) is 0 Å². The lowest BCUT2D eigenvalue weighted by Gasteiger charge is -2.31. The summed E-state index contributed by atoms with van der Waals surface area (Å²) in [6.07, 6.45) is -0.715. The molecule has 0 radical (unpaired) electrons. The zero-order chi connectivity index (χ0) is 14.7. The number of methoxy groups -OCH3 is 1. The Morgan fingerprint density at radius 2 is 1.95 bits per heavy atom. The molecule has 1 atom stereocenters. The number of ether oxygens (including phenoxy) is 2. The van der Waals surface area contributed by atoms with Crippen LogP contribution in [0.15, 0.2) is 27.1 Å². The van der Waals surface area contributed by atoms with E-state index in [4.69, 9.17) is 4.74 Å². The maximum atomic E-state index is 12.4. The van der Waals surface area contributed by atoms with Crippen LogP contribution in [0.25, 0.3) is 0 Å². The Morgan fingerprint density at radius 1 is 1.30 bits per heavy atom. The van der Waals surface area contributed by atoms with Crippen LogP contribution in [0.3, 0.4) is 0 Å². The van der Waals surface area contributed by atoms with Gasteiger partial charge in [0.15, 0.2) is 6.10 Å². The van der Waals surface area contributed by atoms with Crippen LogP contribution < -0.4 is 0 Å². The summed E-state index contributed by atoms with van der Waals surface area (Å²) in [5, 5.41) is 0. The van der Waals surface area contributed by atoms with Crippen LogP contribution in [0, 0.1) is 0 Å². The van der Waals surface area contributed by atoms with Crippen LogP contribution in [0.4, 0.5) is 0 Å². The molecule has 20 heavy (non-hydrogen) atoms. The van der Waals surface area contributed by atoms with Crippen LogP contribution >= 0.6 is 31.9 Å². The standard InChI is InChI=1S/C13H13Br2NO4/c1-19-13(18)11-7-16(2-3-20-11)12(17)8-4-9(14)6-10(15)5-8/h4-6,11H,2-3,7H2,1H3. The van der Waals surface area contributed by atoms with E-state index in [0.29, 0.717) is 18.7 Å². The van der Waals surface area contributed by atoms with Gasteiger partial charge in [-0.1, -0.05) is 31.9 Å². The Kier molecular flexibility index (Phi) is 5.17. The van der Waals surface area contributed by atoms with Gasteiger partial charge in [-0.15, -0.1) is 0 Å². The number of carbonyl (C=O) groups is 2. The molecule has 1 aromatic carbocycles. The van der Waals surface area contributed by atoms with Gasteiger partial charge in [0.05, 0.1) is 20.3 Å². The van der Waals surface area contributed by atoms with Gasteiger partial charge in [-0.2, -0.15) is 0 Å². The van der Waals surface area contributed by atoms with Crippen LogP contribution in [0.5, 0.6) is 0 Å². The fourth-order valence-corrected chi connectivity index (χ4v) is 3.26. The highest BCUT2D eigenvalue weighted by atomic mass is 79.9. The molecule has 1 aliphatic rings. The maximum absolute atomic E-state index is 12.4. The van der Waals surface area contributed by atoms with Crippen LogP contribution in [0.2, 0.25) is 0 Å². The number of amides is 1. The SMILES string of the molecule is COC(=O)C1CN(C(=O)c2cc(Br)cc(Br)c2)CCO1. The lowest BCUT2D eigenvalue weighted by Crippen LogP contribution is -2.48. The van der Waals surface area contributed by atoms with Crippen LogP contribution in [-0.4, -0.2) is 49.7 Å². The summed E-state index contributed by atoms with van der Waals surface area (Å²) in [5.41, 5.74) is 0.553. The van der Waals surface area contributed by atoms with Gasteiger partial charge < -0.3 is 14.4 Å². The number of hydrogen-bond donors (Lipinski definition) is 0. The van der Waals surface area contributed by atoms with E-state index in [2.05, 4.69) is 36.6 Å². The van der Waals surface area contributed by atoms with Gasteiger partial charge in [-0.3, -0.25) is 4.79 Å². The molecule has 1 unspecified atom stereocenters. The largest absolute Gasteiger partial charge is 0.467 e. The second kappa shape index (κ2) is 6.69. The van der Waals surface area contributed by atoms with Gasteiger partial charge in [0.2, 0.25) is 0 Å². The minimum atomic E-state index is -0.715. The van der Waals surface area contributed by atoms with Gasteiger partial charge >= 0.3 is 5.97 Å². The first-order valence-electron chi connectivity index (χ1n) is 5.96. The number of hydrogen-bond acceptors (Lipinski definition) is 4. The molecular formula is C13H13Br2NO4. The van der Waals surface area contributed by atoms with Crippen molar-refractivity contribution in [1.82, 2.24) is 4.90 Å². The molecule has 1 fully saturated rings. The predicted molar refractivity (Wildman–Crippen MR) is 79.5 cm³/mol. The molecule has 0 bridgehead atoms. The number of rotatable bonds is 2. The van der Waals surface area contributed by atoms with Crippen molar-refractivity contribution in [3.63, 3.8) is 0 Å². The van der Waals surface area contributed by atoms with E-state index in [9.17, 15) is 9.59 Å². The minimum absolute atomic E-state index is 0.135. The predicted octanol–water partition coefficient (Wildman–Crippen LogP) is 2.23. The van der Waals surface area contributed by atoms with Gasteiger partial charge in [0.1, 0.15) is 0 Å². The molecule has 0 N–H and O–H groups in total. The lowest BCUT2D eigenvalue weighted by molar-refractivity contribution is -0.158. The number of carbonyl (C=O) groups excluding carboxylic acids is 2. The average molecular weight is 407 g/mol.